The number of hydrogen-bond acceptors (Lipinski definition) is 5. The van der Waals surface area contributed by atoms with Crippen molar-refractivity contribution in [1.29, 1.82) is 0 Å². The van der Waals surface area contributed by atoms with Crippen LogP contribution >= 0.6 is 22.9 Å². The lowest BCUT2D eigenvalue weighted by molar-refractivity contribution is -0.137. The Balaban J connectivity index is 1.83. The highest BCUT2D eigenvalue weighted by Crippen LogP contribution is 2.34. The first kappa shape index (κ1) is 18.4. The van der Waals surface area contributed by atoms with Gasteiger partial charge in [0.1, 0.15) is 4.90 Å². The van der Waals surface area contributed by atoms with Crippen LogP contribution in [0.2, 0.25) is 5.02 Å². The molecule has 0 atom stereocenters. The van der Waals surface area contributed by atoms with Crippen LogP contribution in [0, 0.1) is 0 Å². The Bertz CT molecular complexity index is 849. The molecule has 1 aliphatic rings. The van der Waals surface area contributed by atoms with Crippen LogP contribution in [-0.2, 0) is 16.2 Å². The number of alkyl halides is 3. The number of sulfonamides is 1. The number of aromatic nitrogens is 1. The van der Waals surface area contributed by atoms with E-state index in [1.807, 2.05) is 10.3 Å². The van der Waals surface area contributed by atoms with E-state index in [0.717, 1.165) is 21.6 Å². The zero-order chi connectivity index (χ0) is 18.2. The Labute approximate surface area is 151 Å². The maximum Gasteiger partial charge on any atom is 0.416 e. The zero-order valence-electron chi connectivity index (χ0n) is 12.7. The summed E-state index contributed by atoms with van der Waals surface area (Å²) >= 11 is 7.31. The van der Waals surface area contributed by atoms with Crippen molar-refractivity contribution in [1.82, 2.24) is 9.29 Å². The average molecular weight is 412 g/mol. The van der Waals surface area contributed by atoms with Crippen molar-refractivity contribution in [2.45, 2.75) is 11.1 Å². The van der Waals surface area contributed by atoms with Crippen LogP contribution in [0.5, 0.6) is 0 Å². The van der Waals surface area contributed by atoms with E-state index in [1.165, 1.54) is 11.3 Å². The molecule has 11 heteroatoms. The normalized spacial score (nSPS) is 17.0. The van der Waals surface area contributed by atoms with Crippen LogP contribution in [-0.4, -0.2) is 43.9 Å². The molecule has 0 N–H and O–H groups in total. The van der Waals surface area contributed by atoms with Crippen LogP contribution in [0.1, 0.15) is 5.56 Å². The Kier molecular flexibility index (Phi) is 4.97. The predicted octanol–water partition coefficient (Wildman–Crippen LogP) is 3.33. The summed E-state index contributed by atoms with van der Waals surface area (Å²) < 4.78 is 65.2. The number of hydrogen-bond donors (Lipinski definition) is 0. The molecule has 0 spiro atoms. The number of piperazine rings is 1. The van der Waals surface area contributed by atoms with E-state index in [2.05, 4.69) is 4.98 Å². The van der Waals surface area contributed by atoms with Crippen molar-refractivity contribution in [3.8, 4) is 0 Å². The molecule has 0 amide bonds. The number of nitrogens with zero attached hydrogens (tertiary/aromatic N) is 3. The summed E-state index contributed by atoms with van der Waals surface area (Å²) in [6.45, 7) is 1.11. The van der Waals surface area contributed by atoms with Crippen LogP contribution < -0.4 is 4.90 Å². The smallest absolute Gasteiger partial charge is 0.345 e. The van der Waals surface area contributed by atoms with Crippen molar-refractivity contribution in [3.05, 3.63) is 40.4 Å². The Hall–Kier alpha value is -1.36. The highest BCUT2D eigenvalue weighted by Gasteiger charge is 2.35. The third kappa shape index (κ3) is 3.76. The van der Waals surface area contributed by atoms with Gasteiger partial charge in [-0.05, 0) is 18.2 Å². The van der Waals surface area contributed by atoms with Gasteiger partial charge in [0.05, 0.1) is 10.6 Å². The first-order chi connectivity index (χ1) is 11.7. The first-order valence-corrected chi connectivity index (χ1v) is 9.91. The summed E-state index contributed by atoms with van der Waals surface area (Å²) in [7, 11) is -4.11. The average Bonchev–Trinajstić information content (AvgIpc) is 3.08. The van der Waals surface area contributed by atoms with Gasteiger partial charge in [0.25, 0.3) is 0 Å². The summed E-state index contributed by atoms with van der Waals surface area (Å²) in [6.07, 6.45) is -2.98. The van der Waals surface area contributed by atoms with Gasteiger partial charge in [0, 0.05) is 37.8 Å². The van der Waals surface area contributed by atoms with Gasteiger partial charge in [0.2, 0.25) is 10.0 Å². The molecule has 3 rings (SSSR count). The molecule has 1 aromatic carbocycles. The van der Waals surface area contributed by atoms with Gasteiger partial charge >= 0.3 is 6.18 Å². The molecule has 0 bridgehead atoms. The molecule has 2 aromatic rings. The second kappa shape index (κ2) is 6.75. The van der Waals surface area contributed by atoms with Crippen molar-refractivity contribution < 1.29 is 21.6 Å². The summed E-state index contributed by atoms with van der Waals surface area (Å²) in [5, 5.41) is 2.38. The van der Waals surface area contributed by atoms with E-state index in [4.69, 9.17) is 11.6 Å². The highest BCUT2D eigenvalue weighted by atomic mass is 35.5. The number of benzene rings is 1. The van der Waals surface area contributed by atoms with Gasteiger partial charge in [0.15, 0.2) is 5.13 Å². The molecule has 136 valence electrons. The van der Waals surface area contributed by atoms with E-state index in [0.29, 0.717) is 19.2 Å². The quantitative estimate of drug-likeness (QED) is 0.777. The molecular weight excluding hydrogens is 399 g/mol. The molecule has 0 saturated carbocycles. The fraction of sp³-hybridized carbons (Fsp3) is 0.357. The minimum Gasteiger partial charge on any atom is -0.345 e. The van der Waals surface area contributed by atoms with Gasteiger partial charge in [-0.1, -0.05) is 11.6 Å². The van der Waals surface area contributed by atoms with Gasteiger partial charge in [-0.3, -0.25) is 0 Å². The lowest BCUT2D eigenvalue weighted by atomic mass is 10.2. The van der Waals surface area contributed by atoms with E-state index in [-0.39, 0.29) is 18.1 Å². The Morgan fingerprint density at radius 1 is 1.16 bits per heavy atom. The Morgan fingerprint density at radius 2 is 1.84 bits per heavy atom. The summed E-state index contributed by atoms with van der Waals surface area (Å²) in [5.74, 6) is 0. The summed E-state index contributed by atoms with van der Waals surface area (Å²) in [4.78, 5) is 5.58. The molecule has 0 radical (unpaired) electrons. The molecule has 1 saturated heterocycles. The lowest BCUT2D eigenvalue weighted by Gasteiger charge is -2.34. The van der Waals surface area contributed by atoms with E-state index in [9.17, 15) is 21.6 Å². The van der Waals surface area contributed by atoms with Gasteiger partial charge in [-0.25, -0.2) is 13.4 Å². The molecule has 5 nitrogen and oxygen atoms in total. The Morgan fingerprint density at radius 3 is 2.40 bits per heavy atom. The van der Waals surface area contributed by atoms with Gasteiger partial charge in [-0.2, -0.15) is 17.5 Å². The van der Waals surface area contributed by atoms with E-state index >= 15 is 0 Å². The third-order valence-electron chi connectivity index (χ3n) is 3.80. The lowest BCUT2D eigenvalue weighted by Crippen LogP contribution is -2.48. The van der Waals surface area contributed by atoms with Crippen molar-refractivity contribution >= 4 is 38.1 Å². The van der Waals surface area contributed by atoms with Crippen molar-refractivity contribution in [2.75, 3.05) is 31.1 Å². The molecule has 2 heterocycles. The number of halogens is 4. The van der Waals surface area contributed by atoms with Crippen LogP contribution in [0.25, 0.3) is 0 Å². The molecule has 1 aliphatic heterocycles. The van der Waals surface area contributed by atoms with Gasteiger partial charge in [-0.15, -0.1) is 11.3 Å². The van der Waals surface area contributed by atoms with Crippen molar-refractivity contribution in [2.24, 2.45) is 0 Å². The van der Waals surface area contributed by atoms with E-state index in [1.54, 1.807) is 6.20 Å². The van der Waals surface area contributed by atoms with Crippen LogP contribution in [0.15, 0.2) is 34.7 Å². The summed E-state index contributed by atoms with van der Waals surface area (Å²) in [6, 6.07) is 2.32. The molecule has 1 fully saturated rings. The number of rotatable bonds is 3. The highest BCUT2D eigenvalue weighted by molar-refractivity contribution is 7.89. The minimum absolute atomic E-state index is 0.147. The second-order valence-corrected chi connectivity index (χ2v) is 8.54. The third-order valence-corrected chi connectivity index (χ3v) is 7.02. The van der Waals surface area contributed by atoms with Crippen LogP contribution in [0.3, 0.4) is 0 Å². The SMILES string of the molecule is O=S(=O)(c1cc(C(F)(F)F)ccc1Cl)N1CCN(c2nccs2)CC1. The van der Waals surface area contributed by atoms with E-state index < -0.39 is 26.7 Å². The second-order valence-electron chi connectivity index (χ2n) is 5.35. The monoisotopic (exact) mass is 411 g/mol. The molecule has 0 unspecified atom stereocenters. The molecule has 1 aromatic heterocycles. The fourth-order valence-corrected chi connectivity index (χ4v) is 5.13. The zero-order valence-corrected chi connectivity index (χ0v) is 15.1. The van der Waals surface area contributed by atoms with Crippen molar-refractivity contribution in [3.63, 3.8) is 0 Å². The topological polar surface area (TPSA) is 53.5 Å². The maximum atomic E-state index is 12.9. The molecular formula is C14H13ClF3N3O2S2. The predicted molar refractivity (Wildman–Crippen MR) is 89.5 cm³/mol. The minimum atomic E-state index is -4.64. The standard InChI is InChI=1S/C14H13ClF3N3O2S2/c15-11-2-1-10(14(16,17)18)9-12(11)25(22,23)21-6-4-20(5-7-21)13-19-3-8-24-13/h1-3,8-9H,4-7H2. The number of thiazole rings is 1. The number of anilines is 1. The molecule has 25 heavy (non-hydrogen) atoms. The fourth-order valence-electron chi connectivity index (χ4n) is 2.51. The largest absolute Gasteiger partial charge is 0.416 e. The molecule has 0 aliphatic carbocycles. The van der Waals surface area contributed by atoms with Crippen LogP contribution in [0.4, 0.5) is 18.3 Å². The van der Waals surface area contributed by atoms with Gasteiger partial charge < -0.3 is 4.90 Å². The first-order valence-electron chi connectivity index (χ1n) is 7.21. The maximum absolute atomic E-state index is 12.9. The summed E-state index contributed by atoms with van der Waals surface area (Å²) in [5.41, 5.74) is -1.04.